The number of carbonyl (C=O) groups is 1. The fourth-order valence-corrected chi connectivity index (χ4v) is 2.90. The Hall–Kier alpha value is -2.92. The lowest BCUT2D eigenvalue weighted by molar-refractivity contribution is 0.0955. The second kappa shape index (κ2) is 8.45. The summed E-state index contributed by atoms with van der Waals surface area (Å²) in [4.78, 5) is 18.9. The van der Waals surface area contributed by atoms with Crippen molar-refractivity contribution in [1.82, 2.24) is 5.32 Å². The van der Waals surface area contributed by atoms with Gasteiger partial charge in [0, 0.05) is 43.5 Å². The van der Waals surface area contributed by atoms with Crippen molar-refractivity contribution in [3.05, 3.63) is 71.3 Å². The monoisotopic (exact) mass is 348 g/mol. The number of nitrogens with two attached hydrogens (primary N) is 1. The molecule has 1 aliphatic heterocycles. The predicted molar refractivity (Wildman–Crippen MR) is 108 cm³/mol. The maximum Gasteiger partial charge on any atom is 0.251 e. The number of rotatable bonds is 5. The highest BCUT2D eigenvalue weighted by molar-refractivity contribution is 6.14. The maximum atomic E-state index is 11.9. The lowest BCUT2D eigenvalue weighted by atomic mass is 10.0. The molecule has 134 valence electrons. The molecule has 0 saturated heterocycles. The van der Waals surface area contributed by atoms with Gasteiger partial charge < -0.3 is 16.0 Å². The Bertz CT molecular complexity index is 824. The van der Waals surface area contributed by atoms with Crippen molar-refractivity contribution in [1.29, 1.82) is 0 Å². The Balaban J connectivity index is 1.76. The van der Waals surface area contributed by atoms with E-state index in [1.807, 2.05) is 42.5 Å². The minimum Gasteiger partial charge on any atom is -0.372 e. The van der Waals surface area contributed by atoms with Crippen LogP contribution in [0.15, 0.2) is 59.6 Å². The van der Waals surface area contributed by atoms with E-state index >= 15 is 0 Å². The second-order valence-electron chi connectivity index (χ2n) is 6.21. The van der Waals surface area contributed by atoms with Crippen LogP contribution in [0.25, 0.3) is 6.08 Å². The highest BCUT2D eigenvalue weighted by Gasteiger charge is 2.13. The molecule has 2 aromatic rings. The SMILES string of the molecule is CN1CCN=C(C=Cc2ccc(C(=O)NCCN)cc2)c2ccccc21. The van der Waals surface area contributed by atoms with Gasteiger partial charge in [-0.15, -0.1) is 0 Å². The molecular weight excluding hydrogens is 324 g/mol. The van der Waals surface area contributed by atoms with E-state index in [1.165, 1.54) is 5.69 Å². The first-order chi connectivity index (χ1) is 12.7. The maximum absolute atomic E-state index is 11.9. The molecule has 3 N–H and O–H groups in total. The number of anilines is 1. The van der Waals surface area contributed by atoms with Crippen LogP contribution in [0.1, 0.15) is 21.5 Å². The number of hydrogen-bond donors (Lipinski definition) is 2. The van der Waals surface area contributed by atoms with Crippen LogP contribution in [0.2, 0.25) is 0 Å². The highest BCUT2D eigenvalue weighted by atomic mass is 16.1. The third-order valence-corrected chi connectivity index (χ3v) is 4.35. The zero-order valence-electron chi connectivity index (χ0n) is 15.0. The number of fused-ring (bicyclic) bond motifs is 1. The van der Waals surface area contributed by atoms with Gasteiger partial charge in [0.25, 0.3) is 5.91 Å². The third-order valence-electron chi connectivity index (χ3n) is 4.35. The fourth-order valence-electron chi connectivity index (χ4n) is 2.90. The standard InChI is InChI=1S/C21H24N4O/c1-25-15-14-23-19(18-4-2-3-5-20(18)25)11-8-16-6-9-17(10-7-16)21(26)24-13-12-22/h2-11H,12-15,22H2,1H3,(H,24,26). The molecule has 1 amide bonds. The molecule has 0 bridgehead atoms. The quantitative estimate of drug-likeness (QED) is 0.871. The van der Waals surface area contributed by atoms with Crippen LogP contribution in [0, 0.1) is 0 Å². The zero-order chi connectivity index (χ0) is 18.4. The fraction of sp³-hybridized carbons (Fsp3) is 0.238. The first kappa shape index (κ1) is 17.9. The average molecular weight is 348 g/mol. The Morgan fingerprint density at radius 3 is 2.73 bits per heavy atom. The van der Waals surface area contributed by atoms with Crippen molar-refractivity contribution in [2.24, 2.45) is 10.7 Å². The molecule has 1 aliphatic rings. The highest BCUT2D eigenvalue weighted by Crippen LogP contribution is 2.23. The van der Waals surface area contributed by atoms with E-state index < -0.39 is 0 Å². The van der Waals surface area contributed by atoms with Gasteiger partial charge in [-0.1, -0.05) is 36.4 Å². The molecule has 2 aromatic carbocycles. The molecule has 0 fully saturated rings. The lowest BCUT2D eigenvalue weighted by Crippen LogP contribution is -2.28. The van der Waals surface area contributed by atoms with Gasteiger partial charge in [-0.3, -0.25) is 9.79 Å². The number of benzodiazepines with no additional fused rings is 1. The Morgan fingerprint density at radius 1 is 1.19 bits per heavy atom. The number of allylic oxidation sites excluding steroid dienone is 1. The Kier molecular flexibility index (Phi) is 5.81. The van der Waals surface area contributed by atoms with Crippen molar-refractivity contribution in [3.63, 3.8) is 0 Å². The summed E-state index contributed by atoms with van der Waals surface area (Å²) < 4.78 is 0. The summed E-state index contributed by atoms with van der Waals surface area (Å²) in [5.74, 6) is -0.101. The minimum atomic E-state index is -0.101. The first-order valence-electron chi connectivity index (χ1n) is 8.80. The van der Waals surface area contributed by atoms with Gasteiger partial charge in [0.1, 0.15) is 0 Å². The summed E-state index contributed by atoms with van der Waals surface area (Å²) in [5.41, 5.74) is 10.4. The second-order valence-corrected chi connectivity index (χ2v) is 6.21. The number of amides is 1. The molecule has 0 aromatic heterocycles. The van der Waals surface area contributed by atoms with Gasteiger partial charge in [0.15, 0.2) is 0 Å². The molecule has 0 unspecified atom stereocenters. The van der Waals surface area contributed by atoms with Crippen molar-refractivity contribution in [3.8, 4) is 0 Å². The molecular formula is C21H24N4O. The smallest absolute Gasteiger partial charge is 0.251 e. The first-order valence-corrected chi connectivity index (χ1v) is 8.80. The lowest BCUT2D eigenvalue weighted by Gasteiger charge is -2.18. The van der Waals surface area contributed by atoms with Crippen LogP contribution in [0.4, 0.5) is 5.69 Å². The minimum absolute atomic E-state index is 0.101. The number of carbonyl (C=O) groups excluding carboxylic acids is 1. The molecule has 5 heteroatoms. The summed E-state index contributed by atoms with van der Waals surface area (Å²) in [6.07, 6.45) is 4.07. The summed E-state index contributed by atoms with van der Waals surface area (Å²) in [7, 11) is 2.09. The third kappa shape index (κ3) is 4.18. The van der Waals surface area contributed by atoms with Crippen LogP contribution in [-0.4, -0.2) is 44.8 Å². The van der Waals surface area contributed by atoms with Crippen molar-refractivity contribution in [2.75, 3.05) is 38.1 Å². The zero-order valence-corrected chi connectivity index (χ0v) is 15.0. The van der Waals surface area contributed by atoms with E-state index in [0.29, 0.717) is 18.7 Å². The van der Waals surface area contributed by atoms with Crippen LogP contribution in [-0.2, 0) is 0 Å². The Labute approximate surface area is 154 Å². The summed E-state index contributed by atoms with van der Waals surface area (Å²) in [5, 5.41) is 2.77. The number of aliphatic imine (C=N–C) groups is 1. The van der Waals surface area contributed by atoms with Gasteiger partial charge in [0.2, 0.25) is 0 Å². The molecule has 0 radical (unpaired) electrons. The van der Waals surface area contributed by atoms with Crippen LogP contribution in [0.5, 0.6) is 0 Å². The molecule has 0 saturated carbocycles. The number of likely N-dealkylation sites (N-methyl/N-ethyl adjacent to an activating group) is 1. The number of para-hydroxylation sites is 1. The summed E-state index contributed by atoms with van der Waals surface area (Å²) in [6, 6.07) is 15.8. The summed E-state index contributed by atoms with van der Waals surface area (Å²) in [6.45, 7) is 2.59. The molecule has 0 spiro atoms. The average Bonchev–Trinajstić information content (AvgIpc) is 2.84. The van der Waals surface area contributed by atoms with E-state index in [1.54, 1.807) is 0 Å². The van der Waals surface area contributed by atoms with Crippen LogP contribution < -0.4 is 16.0 Å². The summed E-state index contributed by atoms with van der Waals surface area (Å²) >= 11 is 0. The normalized spacial score (nSPS) is 13.9. The van der Waals surface area contributed by atoms with Gasteiger partial charge in [-0.2, -0.15) is 0 Å². The van der Waals surface area contributed by atoms with E-state index in [-0.39, 0.29) is 5.91 Å². The molecule has 1 heterocycles. The van der Waals surface area contributed by atoms with E-state index in [4.69, 9.17) is 10.7 Å². The molecule has 3 rings (SSSR count). The number of hydrogen-bond acceptors (Lipinski definition) is 4. The van der Waals surface area contributed by atoms with E-state index in [9.17, 15) is 4.79 Å². The predicted octanol–water partition coefficient (Wildman–Crippen LogP) is 2.33. The van der Waals surface area contributed by atoms with Crippen molar-refractivity contribution >= 4 is 23.4 Å². The largest absolute Gasteiger partial charge is 0.372 e. The molecule has 5 nitrogen and oxygen atoms in total. The number of benzene rings is 2. The molecule has 26 heavy (non-hydrogen) atoms. The van der Waals surface area contributed by atoms with Gasteiger partial charge in [-0.05, 0) is 29.8 Å². The number of nitrogens with zero attached hydrogens (tertiary/aromatic N) is 2. The van der Waals surface area contributed by atoms with Crippen molar-refractivity contribution < 1.29 is 4.79 Å². The van der Waals surface area contributed by atoms with E-state index in [2.05, 4.69) is 35.5 Å². The van der Waals surface area contributed by atoms with Crippen molar-refractivity contribution in [2.45, 2.75) is 0 Å². The molecule has 0 atom stereocenters. The van der Waals surface area contributed by atoms with Gasteiger partial charge in [0.05, 0.1) is 12.3 Å². The van der Waals surface area contributed by atoms with Crippen LogP contribution in [0.3, 0.4) is 0 Å². The van der Waals surface area contributed by atoms with Gasteiger partial charge >= 0.3 is 0 Å². The van der Waals surface area contributed by atoms with E-state index in [0.717, 1.165) is 29.9 Å². The molecule has 0 aliphatic carbocycles. The number of nitrogens with one attached hydrogen (secondary N) is 1. The Morgan fingerprint density at radius 2 is 1.96 bits per heavy atom. The topological polar surface area (TPSA) is 70.7 Å². The van der Waals surface area contributed by atoms with Crippen LogP contribution >= 0.6 is 0 Å². The van der Waals surface area contributed by atoms with Gasteiger partial charge in [-0.25, -0.2) is 0 Å².